The van der Waals surface area contributed by atoms with E-state index >= 15 is 0 Å². The van der Waals surface area contributed by atoms with E-state index in [2.05, 4.69) is 41.5 Å². The average Bonchev–Trinajstić information content (AvgIpc) is 3.40. The van der Waals surface area contributed by atoms with Gasteiger partial charge in [-0.3, -0.25) is 14.1 Å². The van der Waals surface area contributed by atoms with Crippen molar-refractivity contribution in [3.63, 3.8) is 0 Å². The molecule has 0 amide bonds. The first kappa shape index (κ1) is 19.8. The lowest BCUT2D eigenvalue weighted by Crippen LogP contribution is -2.34. The fourth-order valence-corrected chi connectivity index (χ4v) is 4.92. The maximum atomic E-state index is 12.4. The largest absolute Gasteiger partial charge is 0.497 e. The molecule has 4 rings (SSSR count). The van der Waals surface area contributed by atoms with Crippen molar-refractivity contribution in [1.82, 2.24) is 14.3 Å². The number of benzene rings is 1. The number of aromatic nitrogens is 2. The molecule has 0 aliphatic carbocycles. The first-order valence-corrected chi connectivity index (χ1v) is 11.2. The molecule has 0 aliphatic heterocycles. The molecule has 150 valence electrons. The fraction of sp³-hybridized carbons (Fsp3) is 0.273. The number of thiazole rings is 1. The zero-order valence-corrected chi connectivity index (χ0v) is 18.1. The van der Waals surface area contributed by atoms with E-state index in [0.29, 0.717) is 12.6 Å². The summed E-state index contributed by atoms with van der Waals surface area (Å²) in [6, 6.07) is 14.4. The lowest BCUT2D eigenvalue weighted by atomic mass is 10.1. The molecule has 0 aliphatic rings. The minimum absolute atomic E-state index is 0.0263. The molecule has 4 aromatic rings. The van der Waals surface area contributed by atoms with Crippen molar-refractivity contribution in [2.45, 2.75) is 32.5 Å². The summed E-state index contributed by atoms with van der Waals surface area (Å²) >= 11 is 3.27. The van der Waals surface area contributed by atoms with Crippen molar-refractivity contribution >= 4 is 27.6 Å². The second-order valence-corrected chi connectivity index (χ2v) is 8.93. The molecule has 0 saturated heterocycles. The molecule has 1 atom stereocenters. The van der Waals surface area contributed by atoms with Crippen LogP contribution in [-0.2, 0) is 19.5 Å². The molecule has 29 heavy (non-hydrogen) atoms. The number of hydrogen-bond donors (Lipinski definition) is 0. The molecule has 0 spiro atoms. The van der Waals surface area contributed by atoms with Gasteiger partial charge in [0.1, 0.15) is 5.75 Å². The smallest absolute Gasteiger partial charge is 0.258 e. The third-order valence-electron chi connectivity index (χ3n) is 4.97. The molecule has 0 unspecified atom stereocenters. The molecule has 5 nitrogen and oxygen atoms in total. The van der Waals surface area contributed by atoms with E-state index in [0.717, 1.165) is 29.4 Å². The monoisotopic (exact) mass is 425 g/mol. The van der Waals surface area contributed by atoms with Crippen molar-refractivity contribution in [1.29, 1.82) is 0 Å². The van der Waals surface area contributed by atoms with Crippen LogP contribution in [0, 0.1) is 0 Å². The van der Waals surface area contributed by atoms with Crippen LogP contribution in [0.5, 0.6) is 5.75 Å². The summed E-state index contributed by atoms with van der Waals surface area (Å²) in [5, 5.41) is 4.01. The van der Waals surface area contributed by atoms with Crippen LogP contribution in [0.3, 0.4) is 0 Å². The van der Waals surface area contributed by atoms with Gasteiger partial charge in [0.15, 0.2) is 4.96 Å². The Hall–Kier alpha value is -2.48. The number of methoxy groups -OCH3 is 1. The minimum atomic E-state index is -0.0263. The topological polar surface area (TPSA) is 46.8 Å². The summed E-state index contributed by atoms with van der Waals surface area (Å²) in [7, 11) is 1.68. The molecule has 0 N–H and O–H groups in total. The number of rotatable bonds is 8. The van der Waals surface area contributed by atoms with Crippen LogP contribution in [0.15, 0.2) is 64.2 Å². The Balaban J connectivity index is 1.59. The summed E-state index contributed by atoms with van der Waals surface area (Å²) in [5.74, 6) is 0.852. The fourth-order valence-electron chi connectivity index (χ4n) is 3.36. The van der Waals surface area contributed by atoms with Gasteiger partial charge >= 0.3 is 0 Å². The maximum absolute atomic E-state index is 12.4. The van der Waals surface area contributed by atoms with Gasteiger partial charge in [-0.1, -0.05) is 18.2 Å². The van der Waals surface area contributed by atoms with Crippen LogP contribution in [0.4, 0.5) is 0 Å². The predicted molar refractivity (Wildman–Crippen MR) is 119 cm³/mol. The highest BCUT2D eigenvalue weighted by atomic mass is 32.1. The molecule has 0 bridgehead atoms. The van der Waals surface area contributed by atoms with Gasteiger partial charge in [-0.25, -0.2) is 4.98 Å². The summed E-state index contributed by atoms with van der Waals surface area (Å²) < 4.78 is 6.87. The van der Waals surface area contributed by atoms with Gasteiger partial charge in [0.05, 0.1) is 12.8 Å². The maximum Gasteiger partial charge on any atom is 0.258 e. The summed E-state index contributed by atoms with van der Waals surface area (Å²) in [5.41, 5.74) is 1.99. The number of thiophene rings is 1. The van der Waals surface area contributed by atoms with Gasteiger partial charge in [-0.05, 0) is 42.5 Å². The number of ether oxygens (including phenoxy) is 1. The third kappa shape index (κ3) is 4.75. The highest BCUT2D eigenvalue weighted by Gasteiger charge is 2.18. The average molecular weight is 426 g/mol. The summed E-state index contributed by atoms with van der Waals surface area (Å²) in [6.45, 7) is 3.64. The second kappa shape index (κ2) is 8.90. The molecule has 3 heterocycles. The minimum Gasteiger partial charge on any atom is -0.497 e. The van der Waals surface area contributed by atoms with E-state index in [1.54, 1.807) is 35.1 Å². The third-order valence-corrected chi connectivity index (χ3v) is 6.62. The number of nitrogens with zero attached hydrogens (tertiary/aromatic N) is 3. The molecule has 1 aromatic carbocycles. The zero-order chi connectivity index (χ0) is 20.2. The lowest BCUT2D eigenvalue weighted by Gasteiger charge is -2.29. The standard InChI is InChI=1S/C22H23N3O2S2/c1-16(12-20-4-3-10-28-20)24(14-17-5-7-19(27-2)8-6-17)15-18-13-21(26)25-9-11-29-22(25)23-18/h3-11,13,16H,12,14-15H2,1-2H3/t16-/m0/s1. The van der Waals surface area contributed by atoms with Crippen LogP contribution < -0.4 is 10.3 Å². The van der Waals surface area contributed by atoms with Crippen molar-refractivity contribution in [3.05, 3.63) is 85.9 Å². The molecule has 3 aromatic heterocycles. The Morgan fingerprint density at radius 1 is 1.14 bits per heavy atom. The first-order valence-electron chi connectivity index (χ1n) is 9.47. The van der Waals surface area contributed by atoms with E-state index < -0.39 is 0 Å². The zero-order valence-electron chi connectivity index (χ0n) is 16.4. The van der Waals surface area contributed by atoms with E-state index in [9.17, 15) is 4.79 Å². The molecule has 7 heteroatoms. The predicted octanol–water partition coefficient (Wildman–Crippen LogP) is 4.46. The van der Waals surface area contributed by atoms with Gasteiger partial charge in [0.2, 0.25) is 0 Å². The van der Waals surface area contributed by atoms with Gasteiger partial charge in [-0.15, -0.1) is 22.7 Å². The highest BCUT2D eigenvalue weighted by Crippen LogP contribution is 2.20. The van der Waals surface area contributed by atoms with Crippen molar-refractivity contribution < 1.29 is 4.74 Å². The Morgan fingerprint density at radius 3 is 2.69 bits per heavy atom. The number of fused-ring (bicyclic) bond motifs is 1. The van der Waals surface area contributed by atoms with E-state index in [4.69, 9.17) is 9.72 Å². The summed E-state index contributed by atoms with van der Waals surface area (Å²) in [4.78, 5) is 21.6. The van der Waals surface area contributed by atoms with E-state index in [1.807, 2.05) is 17.5 Å². The van der Waals surface area contributed by atoms with Crippen LogP contribution in [0.2, 0.25) is 0 Å². The molecule has 0 fully saturated rings. The van der Waals surface area contributed by atoms with Crippen molar-refractivity contribution in [2.75, 3.05) is 7.11 Å². The normalized spacial score (nSPS) is 12.5. The number of hydrogen-bond acceptors (Lipinski definition) is 6. The molecule has 0 saturated carbocycles. The second-order valence-electron chi connectivity index (χ2n) is 7.03. The Bertz CT molecular complexity index is 1120. The molecular weight excluding hydrogens is 402 g/mol. The molecular formula is C22H23N3O2S2. The quantitative estimate of drug-likeness (QED) is 0.418. The highest BCUT2D eigenvalue weighted by molar-refractivity contribution is 7.15. The first-order chi connectivity index (χ1) is 14.1. The van der Waals surface area contributed by atoms with E-state index in [-0.39, 0.29) is 5.56 Å². The Morgan fingerprint density at radius 2 is 1.97 bits per heavy atom. The van der Waals surface area contributed by atoms with Gasteiger partial charge < -0.3 is 4.74 Å². The van der Waals surface area contributed by atoms with Crippen LogP contribution in [0.1, 0.15) is 23.1 Å². The van der Waals surface area contributed by atoms with Gasteiger partial charge in [-0.2, -0.15) is 0 Å². The van der Waals surface area contributed by atoms with Crippen LogP contribution in [-0.4, -0.2) is 27.4 Å². The van der Waals surface area contributed by atoms with Gasteiger partial charge in [0, 0.05) is 41.7 Å². The summed E-state index contributed by atoms with van der Waals surface area (Å²) in [6.07, 6.45) is 2.74. The van der Waals surface area contributed by atoms with Crippen LogP contribution >= 0.6 is 22.7 Å². The van der Waals surface area contributed by atoms with E-state index in [1.165, 1.54) is 21.8 Å². The van der Waals surface area contributed by atoms with Gasteiger partial charge in [0.25, 0.3) is 5.56 Å². The van der Waals surface area contributed by atoms with Crippen LogP contribution in [0.25, 0.3) is 4.96 Å². The Labute approximate surface area is 177 Å². The van der Waals surface area contributed by atoms with Crippen molar-refractivity contribution in [3.8, 4) is 5.75 Å². The SMILES string of the molecule is COc1ccc(CN(Cc2cc(=O)n3ccsc3n2)[C@@H](C)Cc2cccs2)cc1. The van der Waals surface area contributed by atoms with Crippen molar-refractivity contribution in [2.24, 2.45) is 0 Å². The Kier molecular flexibility index (Phi) is 6.08. The molecule has 0 radical (unpaired) electrons. The lowest BCUT2D eigenvalue weighted by molar-refractivity contribution is 0.188.